The van der Waals surface area contributed by atoms with Gasteiger partial charge in [-0.3, -0.25) is 4.57 Å². The molecule has 0 unspecified atom stereocenters. The number of hydrogen-bond donors (Lipinski definition) is 0. The lowest BCUT2D eigenvalue weighted by Gasteiger charge is -2.32. The van der Waals surface area contributed by atoms with E-state index in [-0.39, 0.29) is 18.6 Å². The van der Waals surface area contributed by atoms with Crippen molar-refractivity contribution < 1.29 is 13.4 Å². The minimum absolute atomic E-state index is 0.153. The number of hydrogen-bond acceptors (Lipinski definition) is 5. The summed E-state index contributed by atoms with van der Waals surface area (Å²) >= 11 is 1.26. The van der Waals surface area contributed by atoms with Gasteiger partial charge in [0.05, 0.1) is 19.5 Å². The van der Waals surface area contributed by atoms with Gasteiger partial charge in [0.2, 0.25) is 0 Å². The Kier molecular flexibility index (Phi) is 2.12. The lowest BCUT2D eigenvalue weighted by atomic mass is 9.86. The quantitative estimate of drug-likeness (QED) is 0.784. The van der Waals surface area contributed by atoms with Crippen molar-refractivity contribution >= 4 is 24.0 Å². The summed E-state index contributed by atoms with van der Waals surface area (Å²) in [6.45, 7) is 7.86. The van der Waals surface area contributed by atoms with Gasteiger partial charge < -0.3 is 9.31 Å². The summed E-state index contributed by atoms with van der Waals surface area (Å²) < 4.78 is 36.1. The van der Waals surface area contributed by atoms with Crippen molar-refractivity contribution in [2.45, 2.75) is 38.9 Å². The summed E-state index contributed by atoms with van der Waals surface area (Å²) in [5.74, 6) is 0. The summed E-state index contributed by atoms with van der Waals surface area (Å²) in [4.78, 5) is 8.05. The van der Waals surface area contributed by atoms with E-state index < -0.39 is 18.3 Å². The molecule has 7 heteroatoms. The zero-order valence-electron chi connectivity index (χ0n) is 14.2. The third-order valence-corrected chi connectivity index (χ3v) is 4.41. The minimum atomic E-state index is -0.586. The van der Waals surface area contributed by atoms with E-state index in [9.17, 15) is 0 Å². The van der Waals surface area contributed by atoms with Gasteiger partial charge in [-0.1, -0.05) is 0 Å². The predicted molar refractivity (Wildman–Crippen MR) is 75.0 cm³/mol. The van der Waals surface area contributed by atoms with Gasteiger partial charge in [-0.15, -0.1) is 11.3 Å². The van der Waals surface area contributed by atoms with E-state index in [1.54, 1.807) is 5.38 Å². The van der Waals surface area contributed by atoms with Gasteiger partial charge in [-0.05, 0) is 27.7 Å². The van der Waals surface area contributed by atoms with Crippen LogP contribution in [0.3, 0.4) is 0 Å². The molecule has 2 aromatic rings. The highest BCUT2D eigenvalue weighted by Gasteiger charge is 2.52. The maximum absolute atomic E-state index is 7.80. The molecule has 5 nitrogen and oxygen atoms in total. The minimum Gasteiger partial charge on any atom is -0.398 e. The van der Waals surface area contributed by atoms with Gasteiger partial charge >= 0.3 is 7.12 Å². The molecule has 0 atom stereocenters. The molecule has 0 spiro atoms. The zero-order valence-corrected chi connectivity index (χ0v) is 12.0. The normalized spacial score (nSPS) is 23.2. The lowest BCUT2D eigenvalue weighted by Crippen LogP contribution is -2.41. The van der Waals surface area contributed by atoms with Crippen LogP contribution in [0.15, 0.2) is 24.0 Å². The molecule has 100 valence electrons. The Morgan fingerprint density at radius 1 is 1.32 bits per heavy atom. The molecule has 0 saturated carbocycles. The van der Waals surface area contributed by atoms with Crippen LogP contribution < -0.4 is 5.59 Å². The van der Waals surface area contributed by atoms with Crippen LogP contribution in [0.25, 0.3) is 5.13 Å². The highest BCUT2D eigenvalue weighted by atomic mass is 32.1. The molecule has 1 aliphatic rings. The van der Waals surface area contributed by atoms with Crippen molar-refractivity contribution in [3.63, 3.8) is 0 Å². The van der Waals surface area contributed by atoms with Gasteiger partial charge in [0.1, 0.15) is 7.67 Å². The third kappa shape index (κ3) is 2.11. The van der Waals surface area contributed by atoms with Crippen molar-refractivity contribution in [3.05, 3.63) is 24.0 Å². The van der Waals surface area contributed by atoms with E-state index >= 15 is 0 Å². The molecule has 3 heterocycles. The first-order valence-electron chi connectivity index (χ1n) is 7.46. The van der Waals surface area contributed by atoms with Crippen LogP contribution >= 0.6 is 11.3 Å². The van der Waals surface area contributed by atoms with E-state index in [1.807, 2.05) is 27.7 Å². The van der Waals surface area contributed by atoms with Crippen molar-refractivity contribution in [1.82, 2.24) is 14.5 Å². The molecule has 0 aliphatic carbocycles. The summed E-state index contributed by atoms with van der Waals surface area (Å²) in [6.07, 6.45) is -0.568. The fourth-order valence-corrected chi connectivity index (χ4v) is 2.46. The van der Waals surface area contributed by atoms with Crippen LogP contribution in [-0.2, 0) is 9.31 Å². The van der Waals surface area contributed by atoms with Gasteiger partial charge in [0, 0.05) is 17.7 Å². The Morgan fingerprint density at radius 2 is 2.00 bits per heavy atom. The Balaban J connectivity index is 1.93. The van der Waals surface area contributed by atoms with Gasteiger partial charge in [-0.25, -0.2) is 9.97 Å². The van der Waals surface area contributed by atoms with E-state index in [0.29, 0.717) is 10.7 Å². The second kappa shape index (κ2) is 4.16. The smallest absolute Gasteiger partial charge is 0.398 e. The molecular weight excluding hydrogens is 261 g/mol. The first kappa shape index (κ1) is 9.69. The fraction of sp³-hybridized carbons (Fsp3) is 0.500. The van der Waals surface area contributed by atoms with Gasteiger partial charge in [0.15, 0.2) is 5.13 Å². The average molecular weight is 280 g/mol. The molecule has 0 N–H and O–H groups in total. The second-order valence-corrected chi connectivity index (χ2v) is 6.25. The van der Waals surface area contributed by atoms with Crippen LogP contribution in [0.5, 0.6) is 0 Å². The number of rotatable bonds is 2. The molecular formula is C12H16BN3O2S. The monoisotopic (exact) mass is 280 g/mol. The molecule has 1 fully saturated rings. The van der Waals surface area contributed by atoms with Crippen molar-refractivity contribution in [2.24, 2.45) is 0 Å². The van der Waals surface area contributed by atoms with Crippen molar-refractivity contribution in [1.29, 1.82) is 0 Å². The second-order valence-electron chi connectivity index (χ2n) is 5.41. The molecule has 2 aromatic heterocycles. The van der Waals surface area contributed by atoms with E-state index in [0.717, 1.165) is 0 Å². The standard InChI is InChI=1S/C12H16BN3O2S/c1-11(2)12(3,4)18-13(17-11)9-7-19-10(15-9)16-6-5-14-8-16/h5-8H,1-4H3/i5D,6D,8D. The first-order chi connectivity index (χ1) is 10.1. The molecule has 0 bridgehead atoms. The highest BCUT2D eigenvalue weighted by Crippen LogP contribution is 2.36. The molecule has 0 amide bonds. The largest absolute Gasteiger partial charge is 0.515 e. The van der Waals surface area contributed by atoms with Crippen LogP contribution in [0.4, 0.5) is 0 Å². The summed E-state index contributed by atoms with van der Waals surface area (Å²) in [6, 6.07) is 0. The Morgan fingerprint density at radius 3 is 2.58 bits per heavy atom. The summed E-state index contributed by atoms with van der Waals surface area (Å²) in [5.41, 5.74) is -0.310. The van der Waals surface area contributed by atoms with E-state index in [4.69, 9.17) is 13.4 Å². The number of thiazole rings is 1. The molecule has 3 rings (SSSR count). The Bertz CT molecular complexity index is 715. The fourth-order valence-electron chi connectivity index (χ4n) is 1.72. The maximum atomic E-state index is 7.80. The van der Waals surface area contributed by atoms with Gasteiger partial charge in [0.25, 0.3) is 0 Å². The topological polar surface area (TPSA) is 49.2 Å². The van der Waals surface area contributed by atoms with Crippen LogP contribution in [-0.4, -0.2) is 32.9 Å². The van der Waals surface area contributed by atoms with Crippen LogP contribution in [0.2, 0.25) is 0 Å². The summed E-state index contributed by atoms with van der Waals surface area (Å²) in [5, 5.41) is 2.19. The zero-order chi connectivity index (χ0) is 16.3. The third-order valence-electron chi connectivity index (χ3n) is 3.56. The SMILES string of the molecule is [2H]c1nc([2H])n(-c2nc(B3OC(C)(C)C(C)(C)O3)cs2)c1[2H]. The van der Waals surface area contributed by atoms with E-state index in [1.165, 1.54) is 15.9 Å². The number of imidazole rings is 1. The predicted octanol–water partition coefficient (Wildman–Crippen LogP) is 1.63. The Hall–Kier alpha value is -1.18. The maximum Gasteiger partial charge on any atom is 0.515 e. The van der Waals surface area contributed by atoms with Crippen LogP contribution in [0, 0.1) is 0 Å². The number of nitrogens with zero attached hydrogens (tertiary/aromatic N) is 3. The lowest BCUT2D eigenvalue weighted by molar-refractivity contribution is 0.00578. The van der Waals surface area contributed by atoms with Crippen molar-refractivity contribution in [3.8, 4) is 5.13 Å². The van der Waals surface area contributed by atoms with Crippen LogP contribution in [0.1, 0.15) is 31.8 Å². The molecule has 0 aromatic carbocycles. The highest BCUT2D eigenvalue weighted by molar-refractivity contribution is 7.13. The Labute approximate surface area is 121 Å². The number of aromatic nitrogens is 3. The summed E-state index contributed by atoms with van der Waals surface area (Å²) in [7, 11) is -0.586. The molecule has 1 aliphatic heterocycles. The van der Waals surface area contributed by atoms with Crippen molar-refractivity contribution in [2.75, 3.05) is 0 Å². The van der Waals surface area contributed by atoms with E-state index in [2.05, 4.69) is 9.97 Å². The first-order valence-corrected chi connectivity index (χ1v) is 6.84. The van der Waals surface area contributed by atoms with Gasteiger partial charge in [-0.2, -0.15) is 0 Å². The average Bonchev–Trinajstić information content (AvgIpc) is 2.99. The molecule has 19 heavy (non-hydrogen) atoms. The molecule has 0 radical (unpaired) electrons. The molecule has 1 saturated heterocycles.